The second-order valence-corrected chi connectivity index (χ2v) is 4.10. The van der Waals surface area contributed by atoms with Gasteiger partial charge in [-0.15, -0.1) is 0 Å². The van der Waals surface area contributed by atoms with Crippen molar-refractivity contribution < 1.29 is 4.79 Å². The van der Waals surface area contributed by atoms with Gasteiger partial charge < -0.3 is 11.1 Å². The summed E-state index contributed by atoms with van der Waals surface area (Å²) in [5.41, 5.74) is 5.18. The topological polar surface area (TPSA) is 55.1 Å². The molecule has 0 aromatic carbocycles. The Labute approximate surface area is 72.7 Å². The molecular weight excluding hydrogens is 152 g/mol. The maximum Gasteiger partial charge on any atom is 0.233 e. The molecule has 2 fully saturated rings. The fourth-order valence-corrected chi connectivity index (χ4v) is 2.34. The number of amides is 1. The van der Waals surface area contributed by atoms with Crippen molar-refractivity contribution >= 4 is 5.91 Å². The van der Waals surface area contributed by atoms with Crippen molar-refractivity contribution in [3.05, 3.63) is 0 Å². The van der Waals surface area contributed by atoms with Crippen molar-refractivity contribution in [2.45, 2.75) is 19.3 Å². The first-order valence-corrected chi connectivity index (χ1v) is 4.76. The SMILES string of the molecule is NCC(=O)NCC1CC2CC2C1. The summed E-state index contributed by atoms with van der Waals surface area (Å²) < 4.78 is 0. The van der Waals surface area contributed by atoms with Crippen molar-refractivity contribution in [1.82, 2.24) is 5.32 Å². The van der Waals surface area contributed by atoms with Crippen LogP contribution >= 0.6 is 0 Å². The normalized spacial score (nSPS) is 37.6. The van der Waals surface area contributed by atoms with Crippen LogP contribution in [0.1, 0.15) is 19.3 Å². The number of carbonyl (C=O) groups is 1. The summed E-state index contributed by atoms with van der Waals surface area (Å²) in [5.74, 6) is 2.73. The number of hydrogen-bond donors (Lipinski definition) is 2. The first-order valence-electron chi connectivity index (χ1n) is 4.76. The van der Waals surface area contributed by atoms with Gasteiger partial charge in [0.05, 0.1) is 6.54 Å². The molecule has 12 heavy (non-hydrogen) atoms. The number of carbonyl (C=O) groups excluding carboxylic acids is 1. The average Bonchev–Trinajstić information content (AvgIpc) is 2.70. The summed E-state index contributed by atoms with van der Waals surface area (Å²) in [6, 6.07) is 0. The van der Waals surface area contributed by atoms with Gasteiger partial charge in [-0.05, 0) is 37.0 Å². The van der Waals surface area contributed by atoms with Crippen LogP contribution in [0.15, 0.2) is 0 Å². The van der Waals surface area contributed by atoms with Crippen LogP contribution in [0.2, 0.25) is 0 Å². The Kier molecular flexibility index (Phi) is 2.05. The van der Waals surface area contributed by atoms with Gasteiger partial charge in [0.2, 0.25) is 5.91 Å². The van der Waals surface area contributed by atoms with Crippen LogP contribution in [0.25, 0.3) is 0 Å². The zero-order valence-electron chi connectivity index (χ0n) is 7.25. The Balaban J connectivity index is 1.64. The standard InChI is InChI=1S/C9H16N2O/c10-4-9(12)11-5-6-1-7-3-8(7)2-6/h6-8H,1-5,10H2,(H,11,12). The third-order valence-electron chi connectivity index (χ3n) is 3.11. The molecule has 2 saturated carbocycles. The zero-order valence-corrected chi connectivity index (χ0v) is 7.25. The van der Waals surface area contributed by atoms with Gasteiger partial charge in [0.15, 0.2) is 0 Å². The van der Waals surface area contributed by atoms with Crippen LogP contribution in [0.5, 0.6) is 0 Å². The molecule has 2 unspecified atom stereocenters. The third-order valence-corrected chi connectivity index (χ3v) is 3.11. The molecule has 0 saturated heterocycles. The molecule has 2 rings (SSSR count). The largest absolute Gasteiger partial charge is 0.355 e. The highest BCUT2D eigenvalue weighted by Crippen LogP contribution is 2.54. The van der Waals surface area contributed by atoms with Gasteiger partial charge in [-0.3, -0.25) is 4.79 Å². The fraction of sp³-hybridized carbons (Fsp3) is 0.889. The first kappa shape index (κ1) is 8.05. The third kappa shape index (κ3) is 1.61. The molecule has 0 heterocycles. The summed E-state index contributed by atoms with van der Waals surface area (Å²) in [7, 11) is 0. The lowest BCUT2D eigenvalue weighted by Gasteiger charge is -2.11. The quantitative estimate of drug-likeness (QED) is 0.628. The summed E-state index contributed by atoms with van der Waals surface area (Å²) in [4.78, 5) is 10.8. The summed E-state index contributed by atoms with van der Waals surface area (Å²) in [6.45, 7) is 0.975. The molecule has 3 nitrogen and oxygen atoms in total. The Morgan fingerprint density at radius 2 is 2.00 bits per heavy atom. The zero-order chi connectivity index (χ0) is 8.55. The molecular formula is C9H16N2O. The van der Waals surface area contributed by atoms with Gasteiger partial charge in [-0.2, -0.15) is 0 Å². The predicted molar refractivity (Wildman–Crippen MR) is 46.4 cm³/mol. The van der Waals surface area contributed by atoms with E-state index in [9.17, 15) is 4.79 Å². The molecule has 3 heteroatoms. The van der Waals surface area contributed by atoms with E-state index in [1.807, 2.05) is 0 Å². The van der Waals surface area contributed by atoms with Crippen LogP contribution in [-0.2, 0) is 4.79 Å². The summed E-state index contributed by atoms with van der Waals surface area (Å²) >= 11 is 0. The predicted octanol–water partition coefficient (Wildman–Crippen LogP) is 0.107. The molecule has 2 atom stereocenters. The van der Waals surface area contributed by atoms with Crippen LogP contribution in [0.3, 0.4) is 0 Å². The second-order valence-electron chi connectivity index (χ2n) is 4.10. The molecule has 68 valence electrons. The summed E-state index contributed by atoms with van der Waals surface area (Å²) in [5, 5.41) is 2.85. The minimum Gasteiger partial charge on any atom is -0.355 e. The highest BCUT2D eigenvalue weighted by Gasteiger charge is 2.45. The molecule has 3 N–H and O–H groups in total. The Hall–Kier alpha value is -0.570. The van der Waals surface area contributed by atoms with Crippen LogP contribution < -0.4 is 11.1 Å². The molecule has 0 bridgehead atoms. The van der Waals surface area contributed by atoms with Gasteiger partial charge in [-0.1, -0.05) is 0 Å². The highest BCUT2D eigenvalue weighted by molar-refractivity contribution is 5.77. The maximum absolute atomic E-state index is 10.8. The van der Waals surface area contributed by atoms with Crippen molar-refractivity contribution in [3.8, 4) is 0 Å². The number of hydrogen-bond acceptors (Lipinski definition) is 2. The second kappa shape index (κ2) is 3.05. The fourth-order valence-electron chi connectivity index (χ4n) is 2.34. The van der Waals surface area contributed by atoms with Crippen molar-refractivity contribution in [3.63, 3.8) is 0 Å². The van der Waals surface area contributed by atoms with E-state index in [0.717, 1.165) is 24.3 Å². The smallest absolute Gasteiger partial charge is 0.233 e. The van der Waals surface area contributed by atoms with Crippen molar-refractivity contribution in [2.24, 2.45) is 23.5 Å². The highest BCUT2D eigenvalue weighted by atomic mass is 16.1. The molecule has 1 amide bonds. The van der Waals surface area contributed by atoms with Gasteiger partial charge in [0.1, 0.15) is 0 Å². The van der Waals surface area contributed by atoms with Gasteiger partial charge in [0, 0.05) is 6.54 Å². The molecule has 0 radical (unpaired) electrons. The van der Waals surface area contributed by atoms with Gasteiger partial charge >= 0.3 is 0 Å². The monoisotopic (exact) mass is 168 g/mol. The molecule has 2 aliphatic carbocycles. The Bertz CT molecular complexity index is 183. The van der Waals surface area contributed by atoms with Crippen molar-refractivity contribution in [1.29, 1.82) is 0 Å². The Morgan fingerprint density at radius 1 is 1.33 bits per heavy atom. The molecule has 0 aromatic rings. The van der Waals surface area contributed by atoms with E-state index in [0.29, 0.717) is 0 Å². The van der Waals surface area contributed by atoms with E-state index in [1.54, 1.807) is 0 Å². The molecule has 0 aliphatic heterocycles. The van der Waals surface area contributed by atoms with Crippen LogP contribution in [0, 0.1) is 17.8 Å². The van der Waals surface area contributed by atoms with Gasteiger partial charge in [-0.25, -0.2) is 0 Å². The lowest BCUT2D eigenvalue weighted by molar-refractivity contribution is -0.119. The minimum atomic E-state index is -0.0180. The van der Waals surface area contributed by atoms with E-state index < -0.39 is 0 Å². The van der Waals surface area contributed by atoms with E-state index in [2.05, 4.69) is 5.32 Å². The first-order chi connectivity index (χ1) is 5.79. The van der Waals surface area contributed by atoms with Crippen molar-refractivity contribution in [2.75, 3.05) is 13.1 Å². The lowest BCUT2D eigenvalue weighted by atomic mass is 10.0. The van der Waals surface area contributed by atoms with E-state index >= 15 is 0 Å². The average molecular weight is 168 g/mol. The van der Waals surface area contributed by atoms with Gasteiger partial charge in [0.25, 0.3) is 0 Å². The number of nitrogens with two attached hydrogens (primary N) is 1. The summed E-state index contributed by atoms with van der Waals surface area (Å²) in [6.07, 6.45) is 4.10. The van der Waals surface area contributed by atoms with E-state index in [-0.39, 0.29) is 12.5 Å². The number of nitrogens with one attached hydrogen (secondary N) is 1. The lowest BCUT2D eigenvalue weighted by Crippen LogP contribution is -2.33. The minimum absolute atomic E-state index is 0.0180. The maximum atomic E-state index is 10.8. The van der Waals surface area contributed by atoms with Crippen LogP contribution in [0.4, 0.5) is 0 Å². The van der Waals surface area contributed by atoms with E-state index in [4.69, 9.17) is 5.73 Å². The number of fused-ring (bicyclic) bond motifs is 1. The molecule has 2 aliphatic rings. The Morgan fingerprint density at radius 3 is 2.58 bits per heavy atom. The molecule has 0 spiro atoms. The molecule has 0 aromatic heterocycles. The van der Waals surface area contributed by atoms with E-state index in [1.165, 1.54) is 19.3 Å². The number of rotatable bonds is 3. The van der Waals surface area contributed by atoms with Crippen LogP contribution in [-0.4, -0.2) is 19.0 Å².